The van der Waals surface area contributed by atoms with Gasteiger partial charge in [-0.15, -0.1) is 0 Å². The first-order valence-corrected chi connectivity index (χ1v) is 6.60. The van der Waals surface area contributed by atoms with Gasteiger partial charge in [-0.2, -0.15) is 0 Å². The Morgan fingerprint density at radius 3 is 2.67 bits per heavy atom. The summed E-state index contributed by atoms with van der Waals surface area (Å²) in [6.07, 6.45) is -2.45. The van der Waals surface area contributed by atoms with Crippen LogP contribution in [0.4, 0.5) is 14.5 Å². The van der Waals surface area contributed by atoms with E-state index in [1.807, 2.05) is 0 Å². The summed E-state index contributed by atoms with van der Waals surface area (Å²) in [5.41, 5.74) is 0.533. The van der Waals surface area contributed by atoms with Crippen molar-refractivity contribution in [3.63, 3.8) is 0 Å². The molecular formula is C14H16F2N2O3. The van der Waals surface area contributed by atoms with E-state index in [0.29, 0.717) is 5.69 Å². The van der Waals surface area contributed by atoms with Gasteiger partial charge >= 0.3 is 0 Å². The number of para-hydroxylation sites is 1. The quantitative estimate of drug-likeness (QED) is 0.607. The summed E-state index contributed by atoms with van der Waals surface area (Å²) in [6.45, 7) is -0.331. The predicted octanol–water partition coefficient (Wildman–Crippen LogP) is 1.19. The van der Waals surface area contributed by atoms with Crippen molar-refractivity contribution in [1.29, 1.82) is 0 Å². The Hall–Kier alpha value is -1.86. The van der Waals surface area contributed by atoms with Gasteiger partial charge in [-0.05, 0) is 12.1 Å². The number of alkyl halides is 2. The van der Waals surface area contributed by atoms with E-state index in [9.17, 15) is 18.4 Å². The molecule has 1 aliphatic rings. The van der Waals surface area contributed by atoms with Crippen LogP contribution < -0.4 is 10.2 Å². The number of halogens is 2. The van der Waals surface area contributed by atoms with E-state index in [-0.39, 0.29) is 31.4 Å². The lowest BCUT2D eigenvalue weighted by Crippen LogP contribution is -2.40. The van der Waals surface area contributed by atoms with Crippen molar-refractivity contribution in [1.82, 2.24) is 5.32 Å². The van der Waals surface area contributed by atoms with Crippen LogP contribution in [-0.2, 0) is 14.3 Å². The number of anilines is 1. The molecule has 1 unspecified atom stereocenters. The molecule has 1 aromatic carbocycles. The molecule has 1 aromatic rings. The highest BCUT2D eigenvalue weighted by Gasteiger charge is 2.38. The second-order valence-electron chi connectivity index (χ2n) is 4.58. The number of nitrogens with one attached hydrogen (secondary N) is 1. The third-order valence-electron chi connectivity index (χ3n) is 3.04. The summed E-state index contributed by atoms with van der Waals surface area (Å²) in [5, 5.41) is 2.85. The Morgan fingerprint density at radius 1 is 1.29 bits per heavy atom. The van der Waals surface area contributed by atoms with Crippen molar-refractivity contribution in [2.24, 2.45) is 0 Å². The van der Waals surface area contributed by atoms with Crippen LogP contribution in [0.15, 0.2) is 30.3 Å². The fourth-order valence-corrected chi connectivity index (χ4v) is 2.12. The van der Waals surface area contributed by atoms with Crippen LogP contribution >= 0.6 is 0 Å². The summed E-state index contributed by atoms with van der Waals surface area (Å²) in [4.78, 5) is 25.2. The first kappa shape index (κ1) is 15.5. The van der Waals surface area contributed by atoms with Gasteiger partial charge in [0, 0.05) is 6.54 Å². The SMILES string of the molecule is O=C1CC(NCCOCC(F)F)C(=O)N1c1ccccc1. The number of imide groups is 1. The third kappa shape index (κ3) is 4.05. The molecule has 7 heteroatoms. The molecule has 1 fully saturated rings. The Labute approximate surface area is 120 Å². The first-order valence-electron chi connectivity index (χ1n) is 6.60. The number of amides is 2. The number of carbonyl (C=O) groups is 2. The standard InChI is InChI=1S/C14H16F2N2O3/c15-12(16)9-21-7-6-17-11-8-13(19)18(14(11)20)10-4-2-1-3-5-10/h1-5,11-12,17H,6-9H2. The molecule has 1 saturated heterocycles. The minimum atomic E-state index is -2.51. The van der Waals surface area contributed by atoms with E-state index < -0.39 is 19.1 Å². The Bertz CT molecular complexity index is 496. The Kier molecular flexibility index (Phi) is 5.35. The van der Waals surface area contributed by atoms with Gasteiger partial charge in [0.1, 0.15) is 6.61 Å². The largest absolute Gasteiger partial charge is 0.374 e. The zero-order chi connectivity index (χ0) is 15.2. The molecule has 1 aliphatic heterocycles. The summed E-state index contributed by atoms with van der Waals surface area (Å²) in [6, 6.07) is 8.02. The molecular weight excluding hydrogens is 282 g/mol. The molecule has 1 N–H and O–H groups in total. The lowest BCUT2D eigenvalue weighted by atomic mass is 10.2. The van der Waals surface area contributed by atoms with Crippen molar-refractivity contribution in [2.75, 3.05) is 24.7 Å². The van der Waals surface area contributed by atoms with Crippen molar-refractivity contribution in [2.45, 2.75) is 18.9 Å². The van der Waals surface area contributed by atoms with Gasteiger partial charge in [0.2, 0.25) is 5.91 Å². The van der Waals surface area contributed by atoms with E-state index in [4.69, 9.17) is 4.74 Å². The molecule has 0 aromatic heterocycles. The molecule has 2 rings (SSSR count). The van der Waals surface area contributed by atoms with E-state index >= 15 is 0 Å². The average molecular weight is 298 g/mol. The highest BCUT2D eigenvalue weighted by molar-refractivity contribution is 6.22. The maximum atomic E-state index is 12.2. The second-order valence-corrected chi connectivity index (χ2v) is 4.58. The first-order chi connectivity index (χ1) is 10.1. The van der Waals surface area contributed by atoms with Gasteiger partial charge in [0.15, 0.2) is 0 Å². The van der Waals surface area contributed by atoms with Gasteiger partial charge in [-0.1, -0.05) is 18.2 Å². The van der Waals surface area contributed by atoms with Crippen LogP contribution in [0.1, 0.15) is 6.42 Å². The fraction of sp³-hybridized carbons (Fsp3) is 0.429. The number of rotatable bonds is 7. The van der Waals surface area contributed by atoms with E-state index in [0.717, 1.165) is 4.90 Å². The average Bonchev–Trinajstić information content (AvgIpc) is 2.74. The van der Waals surface area contributed by atoms with Crippen molar-refractivity contribution in [3.05, 3.63) is 30.3 Å². The predicted molar refractivity (Wildman–Crippen MR) is 72.2 cm³/mol. The minimum absolute atomic E-state index is 0.0581. The van der Waals surface area contributed by atoms with E-state index in [1.165, 1.54) is 0 Å². The normalized spacial score (nSPS) is 18.8. The topological polar surface area (TPSA) is 58.6 Å². The molecule has 0 aliphatic carbocycles. The fourth-order valence-electron chi connectivity index (χ4n) is 2.12. The minimum Gasteiger partial charge on any atom is -0.374 e. The number of benzene rings is 1. The monoisotopic (exact) mass is 298 g/mol. The highest BCUT2D eigenvalue weighted by atomic mass is 19.3. The van der Waals surface area contributed by atoms with Gasteiger partial charge in [0.05, 0.1) is 24.8 Å². The van der Waals surface area contributed by atoms with E-state index in [1.54, 1.807) is 30.3 Å². The van der Waals surface area contributed by atoms with Gasteiger partial charge in [0.25, 0.3) is 12.3 Å². The lowest BCUT2D eigenvalue weighted by molar-refractivity contribution is -0.121. The molecule has 114 valence electrons. The lowest BCUT2D eigenvalue weighted by Gasteiger charge is -2.15. The molecule has 21 heavy (non-hydrogen) atoms. The maximum Gasteiger partial charge on any atom is 0.261 e. The molecule has 0 saturated carbocycles. The van der Waals surface area contributed by atoms with Gasteiger partial charge in [-0.3, -0.25) is 9.59 Å². The van der Waals surface area contributed by atoms with Gasteiger partial charge < -0.3 is 10.1 Å². The smallest absolute Gasteiger partial charge is 0.261 e. The Morgan fingerprint density at radius 2 is 2.00 bits per heavy atom. The zero-order valence-electron chi connectivity index (χ0n) is 11.3. The van der Waals surface area contributed by atoms with Crippen LogP contribution in [-0.4, -0.2) is 44.0 Å². The number of carbonyl (C=O) groups excluding carboxylic acids is 2. The van der Waals surface area contributed by atoms with Gasteiger partial charge in [-0.25, -0.2) is 13.7 Å². The number of hydrogen-bond donors (Lipinski definition) is 1. The molecule has 1 atom stereocenters. The van der Waals surface area contributed by atoms with Crippen LogP contribution in [0.5, 0.6) is 0 Å². The highest BCUT2D eigenvalue weighted by Crippen LogP contribution is 2.22. The molecule has 0 spiro atoms. The summed E-state index contributed by atoms with van der Waals surface area (Å²) in [5.74, 6) is -0.614. The van der Waals surface area contributed by atoms with Crippen LogP contribution in [0, 0.1) is 0 Å². The maximum absolute atomic E-state index is 12.2. The third-order valence-corrected chi connectivity index (χ3v) is 3.04. The molecule has 1 heterocycles. The van der Waals surface area contributed by atoms with Crippen LogP contribution in [0.3, 0.4) is 0 Å². The van der Waals surface area contributed by atoms with Crippen molar-refractivity contribution < 1.29 is 23.1 Å². The zero-order valence-corrected chi connectivity index (χ0v) is 11.3. The number of nitrogens with zero attached hydrogens (tertiary/aromatic N) is 1. The summed E-state index contributed by atoms with van der Waals surface area (Å²) >= 11 is 0. The van der Waals surface area contributed by atoms with Crippen LogP contribution in [0.2, 0.25) is 0 Å². The van der Waals surface area contributed by atoms with Crippen LogP contribution in [0.25, 0.3) is 0 Å². The number of ether oxygens (including phenoxy) is 1. The van der Waals surface area contributed by atoms with Crippen molar-refractivity contribution >= 4 is 17.5 Å². The summed E-state index contributed by atoms with van der Waals surface area (Å²) < 4.78 is 28.4. The molecule has 0 bridgehead atoms. The molecule has 2 amide bonds. The number of hydrogen-bond acceptors (Lipinski definition) is 4. The molecule has 5 nitrogen and oxygen atoms in total. The second kappa shape index (κ2) is 7.24. The summed E-state index contributed by atoms with van der Waals surface area (Å²) in [7, 11) is 0. The Balaban J connectivity index is 1.84. The van der Waals surface area contributed by atoms with Crippen molar-refractivity contribution in [3.8, 4) is 0 Å². The molecule has 0 radical (unpaired) electrons. The van der Waals surface area contributed by atoms with E-state index in [2.05, 4.69) is 5.32 Å².